The molecule has 1 aromatic heterocycles. The van der Waals surface area contributed by atoms with E-state index in [9.17, 15) is 0 Å². The second-order valence-electron chi connectivity index (χ2n) is 6.68. The van der Waals surface area contributed by atoms with Crippen LogP contribution in [0.3, 0.4) is 0 Å². The van der Waals surface area contributed by atoms with Crippen LogP contribution in [0.5, 0.6) is 0 Å². The number of hydrogen-bond donors (Lipinski definition) is 1. The van der Waals surface area contributed by atoms with Gasteiger partial charge in [0, 0.05) is 21.8 Å². The van der Waals surface area contributed by atoms with Crippen LogP contribution in [0.2, 0.25) is 0 Å². The standard InChI is InChI=1S/C23H15N/c1-2-6-15-14(5-1)13-20-16(15)9-10-18-17(20)11-12-22-23(18)19-7-3-4-8-21(19)24-22/h1-12,24H,13H2. The second-order valence-corrected chi connectivity index (χ2v) is 6.68. The minimum Gasteiger partial charge on any atom is -0.354 e. The predicted molar refractivity (Wildman–Crippen MR) is 102 cm³/mol. The van der Waals surface area contributed by atoms with Crippen molar-refractivity contribution in [1.29, 1.82) is 0 Å². The summed E-state index contributed by atoms with van der Waals surface area (Å²) in [6.07, 6.45) is 1.04. The molecule has 5 aromatic rings. The van der Waals surface area contributed by atoms with Gasteiger partial charge in [0.2, 0.25) is 0 Å². The number of aromatic amines is 1. The fraction of sp³-hybridized carbons (Fsp3) is 0.0435. The molecule has 1 heterocycles. The molecule has 0 saturated carbocycles. The first kappa shape index (κ1) is 12.4. The quantitative estimate of drug-likeness (QED) is 0.352. The van der Waals surface area contributed by atoms with Crippen molar-refractivity contribution in [3.05, 3.63) is 83.9 Å². The lowest BCUT2D eigenvalue weighted by Gasteiger charge is -2.07. The van der Waals surface area contributed by atoms with Gasteiger partial charge in [0.05, 0.1) is 0 Å². The number of H-pyrrole nitrogens is 1. The lowest BCUT2D eigenvalue weighted by atomic mass is 9.96. The van der Waals surface area contributed by atoms with Crippen molar-refractivity contribution in [2.24, 2.45) is 0 Å². The number of rotatable bonds is 0. The number of hydrogen-bond acceptors (Lipinski definition) is 0. The van der Waals surface area contributed by atoms with E-state index in [2.05, 4.69) is 77.8 Å². The van der Waals surface area contributed by atoms with Crippen LogP contribution in [0.15, 0.2) is 72.8 Å². The van der Waals surface area contributed by atoms with Crippen LogP contribution in [-0.2, 0) is 6.42 Å². The molecule has 1 aliphatic rings. The Morgan fingerprint density at radius 2 is 1.42 bits per heavy atom. The Morgan fingerprint density at radius 1 is 0.583 bits per heavy atom. The molecular weight excluding hydrogens is 290 g/mol. The summed E-state index contributed by atoms with van der Waals surface area (Å²) in [4.78, 5) is 3.55. The van der Waals surface area contributed by atoms with Crippen LogP contribution in [-0.4, -0.2) is 4.98 Å². The van der Waals surface area contributed by atoms with Crippen molar-refractivity contribution in [2.75, 3.05) is 0 Å². The van der Waals surface area contributed by atoms with Crippen molar-refractivity contribution in [3.63, 3.8) is 0 Å². The van der Waals surface area contributed by atoms with Gasteiger partial charge in [-0.3, -0.25) is 0 Å². The summed E-state index contributed by atoms with van der Waals surface area (Å²) in [7, 11) is 0. The minimum atomic E-state index is 1.04. The molecule has 0 amide bonds. The molecule has 4 aromatic carbocycles. The molecule has 1 aliphatic carbocycles. The lowest BCUT2D eigenvalue weighted by Crippen LogP contribution is -1.85. The monoisotopic (exact) mass is 305 g/mol. The number of aromatic nitrogens is 1. The molecule has 1 nitrogen and oxygen atoms in total. The highest BCUT2D eigenvalue weighted by Crippen LogP contribution is 2.42. The van der Waals surface area contributed by atoms with Gasteiger partial charge in [0.25, 0.3) is 0 Å². The summed E-state index contributed by atoms with van der Waals surface area (Å²) >= 11 is 0. The van der Waals surface area contributed by atoms with Gasteiger partial charge in [-0.15, -0.1) is 0 Å². The lowest BCUT2D eigenvalue weighted by molar-refractivity contribution is 1.28. The number of fused-ring (bicyclic) bond motifs is 9. The minimum absolute atomic E-state index is 1.04. The van der Waals surface area contributed by atoms with E-state index in [4.69, 9.17) is 0 Å². The Kier molecular flexibility index (Phi) is 2.20. The first-order chi connectivity index (χ1) is 11.9. The summed E-state index contributed by atoms with van der Waals surface area (Å²) in [5.41, 5.74) is 8.15. The van der Waals surface area contributed by atoms with Crippen molar-refractivity contribution in [1.82, 2.24) is 4.98 Å². The van der Waals surface area contributed by atoms with Crippen LogP contribution in [0.1, 0.15) is 11.1 Å². The van der Waals surface area contributed by atoms with Crippen molar-refractivity contribution in [3.8, 4) is 11.1 Å². The topological polar surface area (TPSA) is 15.8 Å². The third-order valence-corrected chi connectivity index (χ3v) is 5.45. The highest BCUT2D eigenvalue weighted by atomic mass is 14.7. The molecular formula is C23H15N. The van der Waals surface area contributed by atoms with Crippen LogP contribution in [0.4, 0.5) is 0 Å². The Bertz CT molecular complexity index is 1270. The zero-order valence-electron chi connectivity index (χ0n) is 13.1. The molecule has 0 aliphatic heterocycles. The molecule has 0 unspecified atom stereocenters. The second kappa shape index (κ2) is 4.27. The zero-order chi connectivity index (χ0) is 15.7. The number of nitrogens with one attached hydrogen (secondary N) is 1. The maximum absolute atomic E-state index is 3.55. The van der Waals surface area contributed by atoms with Gasteiger partial charge in [-0.05, 0) is 51.6 Å². The molecule has 0 atom stereocenters. The Labute approximate surface area is 139 Å². The van der Waals surface area contributed by atoms with E-state index in [-0.39, 0.29) is 0 Å². The van der Waals surface area contributed by atoms with Crippen LogP contribution < -0.4 is 0 Å². The highest BCUT2D eigenvalue weighted by Gasteiger charge is 2.21. The van der Waals surface area contributed by atoms with Gasteiger partial charge < -0.3 is 4.98 Å². The molecule has 1 N–H and O–H groups in total. The number of para-hydroxylation sites is 1. The summed E-state index contributed by atoms with van der Waals surface area (Å²) in [5.74, 6) is 0. The average Bonchev–Trinajstić information content (AvgIpc) is 3.19. The van der Waals surface area contributed by atoms with Gasteiger partial charge in [-0.1, -0.05) is 60.7 Å². The van der Waals surface area contributed by atoms with E-state index >= 15 is 0 Å². The van der Waals surface area contributed by atoms with Crippen LogP contribution in [0.25, 0.3) is 43.7 Å². The summed E-state index contributed by atoms with van der Waals surface area (Å²) in [5, 5.41) is 5.41. The summed E-state index contributed by atoms with van der Waals surface area (Å²) < 4.78 is 0. The van der Waals surface area contributed by atoms with E-state index in [0.29, 0.717) is 0 Å². The Hall–Kier alpha value is -3.06. The van der Waals surface area contributed by atoms with E-state index in [1.54, 1.807) is 0 Å². The SMILES string of the molecule is c1ccc2c(c1)Cc1c-2ccc2c1ccc1[nH]c3ccccc3c12. The smallest absolute Gasteiger partial charge is 0.0471 e. The third kappa shape index (κ3) is 1.45. The average molecular weight is 305 g/mol. The van der Waals surface area contributed by atoms with Crippen LogP contribution in [0, 0.1) is 0 Å². The summed E-state index contributed by atoms with van der Waals surface area (Å²) in [6.45, 7) is 0. The van der Waals surface area contributed by atoms with Gasteiger partial charge in [-0.25, -0.2) is 0 Å². The molecule has 6 rings (SSSR count). The molecule has 0 fully saturated rings. The van der Waals surface area contributed by atoms with E-state index in [1.807, 2.05) is 0 Å². The van der Waals surface area contributed by atoms with Crippen molar-refractivity contribution >= 4 is 32.6 Å². The van der Waals surface area contributed by atoms with Gasteiger partial charge in [0.15, 0.2) is 0 Å². The molecule has 0 bridgehead atoms. The largest absolute Gasteiger partial charge is 0.354 e. The van der Waals surface area contributed by atoms with Gasteiger partial charge >= 0.3 is 0 Å². The molecule has 0 saturated heterocycles. The Balaban J connectivity index is 1.78. The maximum Gasteiger partial charge on any atom is 0.0471 e. The third-order valence-electron chi connectivity index (χ3n) is 5.45. The number of benzene rings is 4. The van der Waals surface area contributed by atoms with E-state index in [0.717, 1.165) is 6.42 Å². The zero-order valence-corrected chi connectivity index (χ0v) is 13.1. The maximum atomic E-state index is 3.55. The molecule has 24 heavy (non-hydrogen) atoms. The Morgan fingerprint density at radius 3 is 2.42 bits per heavy atom. The van der Waals surface area contributed by atoms with E-state index < -0.39 is 0 Å². The highest BCUT2D eigenvalue weighted by molar-refractivity contribution is 6.21. The fourth-order valence-electron chi connectivity index (χ4n) is 4.39. The summed E-state index contributed by atoms with van der Waals surface area (Å²) in [6, 6.07) is 26.5. The normalized spacial score (nSPS) is 12.8. The fourth-order valence-corrected chi connectivity index (χ4v) is 4.39. The predicted octanol–water partition coefficient (Wildman–Crippen LogP) is 6.05. The van der Waals surface area contributed by atoms with Crippen molar-refractivity contribution < 1.29 is 0 Å². The molecule has 1 heteroatoms. The van der Waals surface area contributed by atoms with E-state index in [1.165, 1.54) is 54.8 Å². The molecule has 0 spiro atoms. The first-order valence-electron chi connectivity index (χ1n) is 8.43. The van der Waals surface area contributed by atoms with Crippen LogP contribution >= 0.6 is 0 Å². The van der Waals surface area contributed by atoms with Crippen molar-refractivity contribution in [2.45, 2.75) is 6.42 Å². The molecule has 0 radical (unpaired) electrons. The van der Waals surface area contributed by atoms with Gasteiger partial charge in [-0.2, -0.15) is 0 Å². The molecule has 112 valence electrons. The first-order valence-corrected chi connectivity index (χ1v) is 8.43. The van der Waals surface area contributed by atoms with Gasteiger partial charge in [0.1, 0.15) is 0 Å².